The smallest absolute Gasteiger partial charge is 0.237 e. The molecule has 1 aliphatic rings. The van der Waals surface area contributed by atoms with Crippen LogP contribution in [0.1, 0.15) is 55.5 Å². The number of hydrogen-bond donors (Lipinski definition) is 0. The standard InChI is InChI=1S/C29H29NO2S/c1-4-21-13-9-10-16-24(21)25-18-19-27-26-17-11-12-20(3)28(26)30(29(27)23(25)5-2)33(31,32)22-14-7-6-8-15-22/h6-11,13-20H,4-5,12H2,1-3H3. The molecular formula is C29H29NO2S. The van der Waals surface area contributed by atoms with Crippen molar-refractivity contribution in [3.63, 3.8) is 0 Å². The Hall–Kier alpha value is -3.11. The summed E-state index contributed by atoms with van der Waals surface area (Å²) in [5, 5.41) is 1.02. The SMILES string of the molecule is CCc1ccccc1-c1ccc2c3c(n(S(=O)(=O)c4ccccc4)c2c1CC)C(C)CC=C3. The number of aromatic nitrogens is 1. The Morgan fingerprint density at radius 2 is 1.61 bits per heavy atom. The minimum Gasteiger partial charge on any atom is -0.237 e. The molecular weight excluding hydrogens is 426 g/mol. The molecule has 0 bridgehead atoms. The number of fused-ring (bicyclic) bond motifs is 3. The van der Waals surface area contributed by atoms with E-state index in [2.05, 4.69) is 69.3 Å². The van der Waals surface area contributed by atoms with Gasteiger partial charge >= 0.3 is 0 Å². The summed E-state index contributed by atoms with van der Waals surface area (Å²) in [5.74, 6) is 0.118. The lowest BCUT2D eigenvalue weighted by atomic mass is 9.90. The van der Waals surface area contributed by atoms with Gasteiger partial charge in [-0.05, 0) is 53.6 Å². The van der Waals surface area contributed by atoms with Gasteiger partial charge in [-0.1, -0.05) is 87.5 Å². The van der Waals surface area contributed by atoms with Crippen molar-refractivity contribution >= 4 is 27.0 Å². The normalized spacial score (nSPS) is 15.7. The van der Waals surface area contributed by atoms with E-state index in [1.165, 1.54) is 11.1 Å². The van der Waals surface area contributed by atoms with Crippen LogP contribution in [0.15, 0.2) is 77.7 Å². The van der Waals surface area contributed by atoms with Gasteiger partial charge in [-0.3, -0.25) is 0 Å². The second kappa shape index (κ2) is 8.35. The fraction of sp³-hybridized carbons (Fsp3) is 0.241. The first-order valence-electron chi connectivity index (χ1n) is 11.7. The maximum Gasteiger partial charge on any atom is 0.268 e. The summed E-state index contributed by atoms with van der Waals surface area (Å²) < 4.78 is 29.9. The van der Waals surface area contributed by atoms with Crippen LogP contribution in [0.5, 0.6) is 0 Å². The molecule has 1 heterocycles. The fourth-order valence-corrected chi connectivity index (χ4v) is 6.94. The zero-order chi connectivity index (χ0) is 23.2. The number of benzene rings is 3. The van der Waals surface area contributed by atoms with Crippen LogP contribution < -0.4 is 0 Å². The van der Waals surface area contributed by atoms with E-state index in [0.717, 1.165) is 52.5 Å². The van der Waals surface area contributed by atoms with Gasteiger partial charge in [0.25, 0.3) is 10.0 Å². The summed E-state index contributed by atoms with van der Waals surface area (Å²) >= 11 is 0. The molecule has 1 aromatic heterocycles. The summed E-state index contributed by atoms with van der Waals surface area (Å²) in [6, 6.07) is 21.6. The van der Waals surface area contributed by atoms with Gasteiger partial charge < -0.3 is 0 Å². The van der Waals surface area contributed by atoms with E-state index in [1.54, 1.807) is 28.2 Å². The van der Waals surface area contributed by atoms with Gasteiger partial charge in [0.05, 0.1) is 10.4 Å². The molecule has 0 saturated carbocycles. The Balaban J connectivity index is 1.94. The Labute approximate surface area is 196 Å². The molecule has 0 N–H and O–H groups in total. The van der Waals surface area contributed by atoms with Gasteiger partial charge in [-0.15, -0.1) is 0 Å². The van der Waals surface area contributed by atoms with E-state index in [-0.39, 0.29) is 5.92 Å². The molecule has 33 heavy (non-hydrogen) atoms. The van der Waals surface area contributed by atoms with Gasteiger partial charge in [0.15, 0.2) is 0 Å². The average Bonchev–Trinajstić information content (AvgIpc) is 3.20. The Morgan fingerprint density at radius 3 is 2.33 bits per heavy atom. The van der Waals surface area contributed by atoms with Gasteiger partial charge in [0.1, 0.15) is 0 Å². The second-order valence-corrected chi connectivity index (χ2v) is 10.6. The molecule has 4 aromatic rings. The van der Waals surface area contributed by atoms with Gasteiger partial charge in [0, 0.05) is 22.6 Å². The number of nitrogens with zero attached hydrogens (tertiary/aromatic N) is 1. The van der Waals surface area contributed by atoms with Crippen LogP contribution in [0.25, 0.3) is 28.1 Å². The average molecular weight is 456 g/mol. The molecule has 1 atom stereocenters. The van der Waals surface area contributed by atoms with Crippen molar-refractivity contribution in [3.8, 4) is 11.1 Å². The van der Waals surface area contributed by atoms with Crippen molar-refractivity contribution in [2.24, 2.45) is 0 Å². The first-order valence-corrected chi connectivity index (χ1v) is 13.2. The monoisotopic (exact) mass is 455 g/mol. The van der Waals surface area contributed by atoms with E-state index in [0.29, 0.717) is 4.90 Å². The van der Waals surface area contributed by atoms with Crippen molar-refractivity contribution in [3.05, 3.63) is 95.2 Å². The molecule has 0 amide bonds. The van der Waals surface area contributed by atoms with Gasteiger partial charge in [-0.2, -0.15) is 0 Å². The molecule has 0 fully saturated rings. The van der Waals surface area contributed by atoms with Crippen molar-refractivity contribution in [2.75, 3.05) is 0 Å². The Morgan fingerprint density at radius 1 is 0.879 bits per heavy atom. The fourth-order valence-electron chi connectivity index (χ4n) is 5.25. The Bertz CT molecular complexity index is 1480. The van der Waals surface area contributed by atoms with Crippen LogP contribution in [0.4, 0.5) is 0 Å². The maximum atomic E-state index is 14.1. The highest BCUT2D eigenvalue weighted by Gasteiger charge is 2.31. The van der Waals surface area contributed by atoms with Crippen LogP contribution in [-0.2, 0) is 22.9 Å². The van der Waals surface area contributed by atoms with Crippen molar-refractivity contribution in [1.29, 1.82) is 0 Å². The molecule has 0 spiro atoms. The lowest BCUT2D eigenvalue weighted by molar-refractivity contribution is 0.583. The lowest BCUT2D eigenvalue weighted by Gasteiger charge is -2.20. The lowest BCUT2D eigenvalue weighted by Crippen LogP contribution is -2.18. The van der Waals surface area contributed by atoms with E-state index in [4.69, 9.17) is 0 Å². The first kappa shape index (κ1) is 21.7. The highest BCUT2D eigenvalue weighted by molar-refractivity contribution is 7.90. The number of allylic oxidation sites excluding steroid dienone is 1. The number of hydrogen-bond acceptors (Lipinski definition) is 2. The van der Waals surface area contributed by atoms with E-state index >= 15 is 0 Å². The summed E-state index contributed by atoms with van der Waals surface area (Å²) in [5.41, 5.74) is 7.42. The first-order chi connectivity index (χ1) is 16.0. The highest BCUT2D eigenvalue weighted by atomic mass is 32.2. The van der Waals surface area contributed by atoms with Crippen molar-refractivity contribution in [2.45, 2.75) is 50.8 Å². The molecule has 3 aromatic carbocycles. The largest absolute Gasteiger partial charge is 0.268 e. The quantitative estimate of drug-likeness (QED) is 0.319. The predicted molar refractivity (Wildman–Crippen MR) is 137 cm³/mol. The van der Waals surface area contributed by atoms with Crippen LogP contribution in [0.2, 0.25) is 0 Å². The van der Waals surface area contributed by atoms with E-state index < -0.39 is 10.0 Å². The zero-order valence-electron chi connectivity index (χ0n) is 19.4. The maximum absolute atomic E-state index is 14.1. The second-order valence-electron chi connectivity index (χ2n) is 8.77. The molecule has 4 heteroatoms. The minimum absolute atomic E-state index is 0.118. The van der Waals surface area contributed by atoms with E-state index in [1.807, 2.05) is 6.07 Å². The Kier molecular flexibility index (Phi) is 5.49. The zero-order valence-corrected chi connectivity index (χ0v) is 20.2. The molecule has 1 unspecified atom stereocenters. The number of aryl methyl sites for hydroxylation is 2. The van der Waals surface area contributed by atoms with Crippen LogP contribution in [0, 0.1) is 0 Å². The van der Waals surface area contributed by atoms with Crippen LogP contribution >= 0.6 is 0 Å². The molecule has 1 aliphatic carbocycles. The summed E-state index contributed by atoms with van der Waals surface area (Å²) in [6.45, 7) is 6.41. The predicted octanol–water partition coefficient (Wildman–Crippen LogP) is 7.19. The summed E-state index contributed by atoms with van der Waals surface area (Å²) in [6.07, 6.45) is 6.78. The molecule has 0 radical (unpaired) electrons. The third-order valence-corrected chi connectivity index (χ3v) is 8.56. The van der Waals surface area contributed by atoms with Crippen LogP contribution in [-0.4, -0.2) is 12.4 Å². The third-order valence-electron chi connectivity index (χ3n) is 6.84. The summed E-state index contributed by atoms with van der Waals surface area (Å²) in [4.78, 5) is 0.327. The van der Waals surface area contributed by atoms with Crippen molar-refractivity contribution in [1.82, 2.24) is 3.97 Å². The van der Waals surface area contributed by atoms with Crippen LogP contribution in [0.3, 0.4) is 0 Å². The summed E-state index contributed by atoms with van der Waals surface area (Å²) in [7, 11) is -3.76. The van der Waals surface area contributed by atoms with E-state index in [9.17, 15) is 8.42 Å². The van der Waals surface area contributed by atoms with Crippen molar-refractivity contribution < 1.29 is 8.42 Å². The molecule has 3 nitrogen and oxygen atoms in total. The van der Waals surface area contributed by atoms with Gasteiger partial charge in [0.2, 0.25) is 0 Å². The molecule has 168 valence electrons. The minimum atomic E-state index is -3.76. The van der Waals surface area contributed by atoms with Gasteiger partial charge in [-0.25, -0.2) is 12.4 Å². The third kappa shape index (κ3) is 3.36. The molecule has 0 aliphatic heterocycles. The molecule has 5 rings (SSSR count). The number of rotatable bonds is 5. The molecule has 0 saturated heterocycles. The highest BCUT2D eigenvalue weighted by Crippen LogP contribution is 2.43. The topological polar surface area (TPSA) is 39.1 Å².